The summed E-state index contributed by atoms with van der Waals surface area (Å²) in [5.74, 6) is -0.219. The molecule has 1 aliphatic rings. The van der Waals surface area contributed by atoms with Gasteiger partial charge in [0.05, 0.1) is 6.10 Å². The number of carbonyl (C=O) groups is 1. The Bertz CT molecular complexity index is 183. The fourth-order valence-corrected chi connectivity index (χ4v) is 1.86. The van der Waals surface area contributed by atoms with E-state index < -0.39 is 0 Å². The molecule has 1 atom stereocenters. The second kappa shape index (κ2) is 5.98. The minimum Gasteiger partial charge on any atom is -0.377 e. The molecule has 0 aromatic rings. The lowest BCUT2D eigenvalue weighted by Gasteiger charge is -2.32. The minimum atomic E-state index is -0.219. The van der Waals surface area contributed by atoms with Gasteiger partial charge in [-0.15, -0.1) is 0 Å². The lowest BCUT2D eigenvalue weighted by molar-refractivity contribution is -0.118. The van der Waals surface area contributed by atoms with Crippen molar-refractivity contribution in [3.63, 3.8) is 0 Å². The van der Waals surface area contributed by atoms with Gasteiger partial charge in [0, 0.05) is 26.1 Å². The molecule has 1 rings (SSSR count). The Kier molecular flexibility index (Phi) is 4.90. The number of hydrogen-bond donors (Lipinski definition) is 1. The monoisotopic (exact) mass is 200 g/mol. The molecule has 1 aliphatic heterocycles. The standard InChI is InChI=1S/C10H20N2O2/c1-2-14-9-4-3-6-12(8-9)7-5-10(11)13/h9H,2-8H2,1H3,(H2,11,13). The predicted octanol–water partition coefficient (Wildman–Crippen LogP) is 0.363. The zero-order valence-corrected chi connectivity index (χ0v) is 8.87. The van der Waals surface area contributed by atoms with E-state index in [2.05, 4.69) is 4.90 Å². The average Bonchev–Trinajstić information content (AvgIpc) is 2.16. The quantitative estimate of drug-likeness (QED) is 0.697. The van der Waals surface area contributed by atoms with Gasteiger partial charge < -0.3 is 15.4 Å². The van der Waals surface area contributed by atoms with Crippen LogP contribution in [0, 0.1) is 0 Å². The van der Waals surface area contributed by atoms with Crippen LogP contribution in [0.2, 0.25) is 0 Å². The molecule has 0 aliphatic carbocycles. The minimum absolute atomic E-state index is 0.219. The molecule has 14 heavy (non-hydrogen) atoms. The molecule has 0 aromatic carbocycles. The summed E-state index contributed by atoms with van der Waals surface area (Å²) < 4.78 is 5.56. The first-order valence-corrected chi connectivity index (χ1v) is 5.34. The summed E-state index contributed by atoms with van der Waals surface area (Å²) in [5.41, 5.74) is 5.11. The highest BCUT2D eigenvalue weighted by molar-refractivity contribution is 5.73. The fraction of sp³-hybridized carbons (Fsp3) is 0.900. The number of piperidine rings is 1. The van der Waals surface area contributed by atoms with E-state index in [9.17, 15) is 4.79 Å². The van der Waals surface area contributed by atoms with E-state index in [1.54, 1.807) is 0 Å². The van der Waals surface area contributed by atoms with Crippen LogP contribution < -0.4 is 5.73 Å². The molecule has 4 nitrogen and oxygen atoms in total. The van der Waals surface area contributed by atoms with E-state index in [0.29, 0.717) is 12.5 Å². The second-order valence-electron chi connectivity index (χ2n) is 3.74. The second-order valence-corrected chi connectivity index (χ2v) is 3.74. The molecular weight excluding hydrogens is 180 g/mol. The Morgan fingerprint density at radius 1 is 1.64 bits per heavy atom. The van der Waals surface area contributed by atoms with Gasteiger partial charge in [-0.05, 0) is 26.3 Å². The topological polar surface area (TPSA) is 55.6 Å². The zero-order chi connectivity index (χ0) is 10.4. The fourth-order valence-electron chi connectivity index (χ4n) is 1.86. The molecule has 82 valence electrons. The summed E-state index contributed by atoms with van der Waals surface area (Å²) in [6, 6.07) is 0. The molecule has 0 aromatic heterocycles. The SMILES string of the molecule is CCOC1CCCN(CCC(N)=O)C1. The van der Waals surface area contributed by atoms with Crippen molar-refractivity contribution in [2.24, 2.45) is 5.73 Å². The number of carbonyl (C=O) groups excluding carboxylic acids is 1. The third-order valence-corrected chi connectivity index (χ3v) is 2.54. The van der Waals surface area contributed by atoms with Gasteiger partial charge in [0.25, 0.3) is 0 Å². The number of hydrogen-bond acceptors (Lipinski definition) is 3. The van der Waals surface area contributed by atoms with E-state index in [1.807, 2.05) is 6.92 Å². The van der Waals surface area contributed by atoms with Gasteiger partial charge in [-0.25, -0.2) is 0 Å². The van der Waals surface area contributed by atoms with Crippen LogP contribution in [0.15, 0.2) is 0 Å². The van der Waals surface area contributed by atoms with Crippen molar-refractivity contribution < 1.29 is 9.53 Å². The molecule has 0 bridgehead atoms. The van der Waals surface area contributed by atoms with Gasteiger partial charge in [-0.2, -0.15) is 0 Å². The zero-order valence-electron chi connectivity index (χ0n) is 8.87. The lowest BCUT2D eigenvalue weighted by atomic mass is 10.1. The maximum Gasteiger partial charge on any atom is 0.218 e. The number of likely N-dealkylation sites (tertiary alicyclic amines) is 1. The molecule has 1 unspecified atom stereocenters. The summed E-state index contributed by atoms with van der Waals surface area (Å²) in [6.07, 6.45) is 3.10. The Balaban J connectivity index is 2.21. The number of ether oxygens (including phenoxy) is 1. The van der Waals surface area contributed by atoms with E-state index in [0.717, 1.165) is 39.1 Å². The van der Waals surface area contributed by atoms with Gasteiger partial charge in [-0.3, -0.25) is 4.79 Å². The predicted molar refractivity (Wildman–Crippen MR) is 54.9 cm³/mol. The van der Waals surface area contributed by atoms with Gasteiger partial charge in [0.1, 0.15) is 0 Å². The van der Waals surface area contributed by atoms with Crippen LogP contribution in [0.4, 0.5) is 0 Å². The molecule has 4 heteroatoms. The van der Waals surface area contributed by atoms with Gasteiger partial charge in [0.2, 0.25) is 5.91 Å². The van der Waals surface area contributed by atoms with Crippen LogP contribution in [-0.4, -0.2) is 43.2 Å². The van der Waals surface area contributed by atoms with Crippen LogP contribution in [0.25, 0.3) is 0 Å². The smallest absolute Gasteiger partial charge is 0.218 e. The Labute approximate surface area is 85.4 Å². The van der Waals surface area contributed by atoms with Crippen molar-refractivity contribution >= 4 is 5.91 Å². The average molecular weight is 200 g/mol. The molecule has 0 radical (unpaired) electrons. The molecule has 0 spiro atoms. The summed E-state index contributed by atoms with van der Waals surface area (Å²) in [7, 11) is 0. The molecule has 1 fully saturated rings. The van der Waals surface area contributed by atoms with Crippen LogP contribution >= 0.6 is 0 Å². The molecule has 1 saturated heterocycles. The van der Waals surface area contributed by atoms with Crippen molar-refractivity contribution in [1.82, 2.24) is 4.90 Å². The Hall–Kier alpha value is -0.610. The number of rotatable bonds is 5. The van der Waals surface area contributed by atoms with Crippen molar-refractivity contribution in [2.45, 2.75) is 32.3 Å². The third kappa shape index (κ3) is 4.07. The first-order valence-electron chi connectivity index (χ1n) is 5.34. The number of primary amides is 1. The third-order valence-electron chi connectivity index (χ3n) is 2.54. The lowest BCUT2D eigenvalue weighted by Crippen LogP contribution is -2.41. The normalized spacial score (nSPS) is 23.6. The van der Waals surface area contributed by atoms with Gasteiger partial charge in [0.15, 0.2) is 0 Å². The van der Waals surface area contributed by atoms with Crippen LogP contribution in [0.1, 0.15) is 26.2 Å². The van der Waals surface area contributed by atoms with Crippen molar-refractivity contribution in [3.8, 4) is 0 Å². The molecular formula is C10H20N2O2. The van der Waals surface area contributed by atoms with Gasteiger partial charge in [-0.1, -0.05) is 0 Å². The van der Waals surface area contributed by atoms with E-state index in [-0.39, 0.29) is 5.91 Å². The van der Waals surface area contributed by atoms with Crippen molar-refractivity contribution in [3.05, 3.63) is 0 Å². The Morgan fingerprint density at radius 3 is 3.07 bits per heavy atom. The van der Waals surface area contributed by atoms with E-state index in [4.69, 9.17) is 10.5 Å². The van der Waals surface area contributed by atoms with Crippen molar-refractivity contribution in [1.29, 1.82) is 0 Å². The molecule has 1 amide bonds. The summed E-state index contributed by atoms with van der Waals surface area (Å²) >= 11 is 0. The van der Waals surface area contributed by atoms with E-state index in [1.165, 1.54) is 0 Å². The molecule has 2 N–H and O–H groups in total. The Morgan fingerprint density at radius 2 is 2.43 bits per heavy atom. The van der Waals surface area contributed by atoms with E-state index >= 15 is 0 Å². The van der Waals surface area contributed by atoms with Crippen LogP contribution in [-0.2, 0) is 9.53 Å². The van der Waals surface area contributed by atoms with Crippen LogP contribution in [0.3, 0.4) is 0 Å². The number of nitrogens with two attached hydrogens (primary N) is 1. The highest BCUT2D eigenvalue weighted by atomic mass is 16.5. The molecule has 0 saturated carbocycles. The first kappa shape index (κ1) is 11.5. The van der Waals surface area contributed by atoms with Gasteiger partial charge >= 0.3 is 0 Å². The number of nitrogens with zero attached hydrogens (tertiary/aromatic N) is 1. The van der Waals surface area contributed by atoms with Crippen molar-refractivity contribution in [2.75, 3.05) is 26.2 Å². The highest BCUT2D eigenvalue weighted by Crippen LogP contribution is 2.13. The van der Waals surface area contributed by atoms with Crippen LogP contribution in [0.5, 0.6) is 0 Å². The highest BCUT2D eigenvalue weighted by Gasteiger charge is 2.19. The maximum atomic E-state index is 10.6. The summed E-state index contributed by atoms with van der Waals surface area (Å²) in [6.45, 7) is 5.58. The number of amides is 1. The maximum absolute atomic E-state index is 10.6. The summed E-state index contributed by atoms with van der Waals surface area (Å²) in [4.78, 5) is 12.9. The largest absolute Gasteiger partial charge is 0.377 e. The first-order chi connectivity index (χ1) is 6.72. The summed E-state index contributed by atoms with van der Waals surface area (Å²) in [5, 5.41) is 0. The molecule has 1 heterocycles.